The highest BCUT2D eigenvalue weighted by Gasteiger charge is 2.22. The lowest BCUT2D eigenvalue weighted by atomic mass is 9.79. The molecule has 1 aliphatic rings. The molecule has 0 aliphatic heterocycles. The minimum atomic E-state index is -0.366. The first-order valence-corrected chi connectivity index (χ1v) is 7.20. The van der Waals surface area contributed by atoms with Gasteiger partial charge in [0.25, 0.3) is 0 Å². The molecule has 1 saturated carbocycles. The highest BCUT2D eigenvalue weighted by atomic mass is 16.2. The second-order valence-corrected chi connectivity index (χ2v) is 6.03. The number of nitrogens with one attached hydrogen (secondary N) is 2. The molecule has 1 fully saturated rings. The van der Waals surface area contributed by atoms with E-state index >= 15 is 0 Å². The van der Waals surface area contributed by atoms with Gasteiger partial charge in [-0.2, -0.15) is 0 Å². The molecule has 0 radical (unpaired) electrons. The Kier molecular flexibility index (Phi) is 7.16. The third kappa shape index (κ3) is 7.07. The smallest absolute Gasteiger partial charge is 0.373 e. The molecular formula is C13H29BN2O. The highest BCUT2D eigenvalue weighted by Crippen LogP contribution is 2.28. The molecule has 0 amide bonds. The molecule has 0 saturated heterocycles. The van der Waals surface area contributed by atoms with Crippen molar-refractivity contribution in [1.29, 1.82) is 0 Å². The van der Waals surface area contributed by atoms with Gasteiger partial charge in [-0.3, -0.25) is 0 Å². The van der Waals surface area contributed by atoms with Crippen LogP contribution in [-0.4, -0.2) is 31.7 Å². The summed E-state index contributed by atoms with van der Waals surface area (Å²) >= 11 is 0. The van der Waals surface area contributed by atoms with E-state index in [1.807, 2.05) is 0 Å². The molecule has 0 spiro atoms. The molecule has 3 N–H and O–H groups in total. The average Bonchev–Trinajstić information content (AvgIpc) is 2.26. The second-order valence-electron chi connectivity index (χ2n) is 6.03. The molecule has 1 aliphatic carbocycles. The van der Waals surface area contributed by atoms with Crippen molar-refractivity contribution >= 4 is 7.05 Å². The molecule has 4 heteroatoms. The molecule has 0 aromatic rings. The van der Waals surface area contributed by atoms with Crippen LogP contribution in [0.1, 0.15) is 39.5 Å². The van der Waals surface area contributed by atoms with Gasteiger partial charge in [0.1, 0.15) is 0 Å². The van der Waals surface area contributed by atoms with Gasteiger partial charge in [0.15, 0.2) is 0 Å². The summed E-state index contributed by atoms with van der Waals surface area (Å²) in [5.41, 5.74) is 0. The molecule has 0 heterocycles. The monoisotopic (exact) mass is 240 g/mol. The highest BCUT2D eigenvalue weighted by molar-refractivity contribution is 6.45. The maximum Gasteiger partial charge on any atom is 0.373 e. The maximum absolute atomic E-state index is 9.23. The molecule has 0 bridgehead atoms. The van der Waals surface area contributed by atoms with Gasteiger partial charge in [-0.05, 0) is 63.5 Å². The predicted molar refractivity (Wildman–Crippen MR) is 75.0 cm³/mol. The van der Waals surface area contributed by atoms with E-state index in [1.54, 1.807) is 6.82 Å². The van der Waals surface area contributed by atoms with Crippen LogP contribution in [-0.2, 0) is 0 Å². The van der Waals surface area contributed by atoms with Gasteiger partial charge in [-0.25, -0.2) is 0 Å². The Hall–Kier alpha value is -0.0551. The van der Waals surface area contributed by atoms with Crippen LogP contribution in [0.15, 0.2) is 0 Å². The third-order valence-electron chi connectivity index (χ3n) is 3.58. The summed E-state index contributed by atoms with van der Waals surface area (Å²) in [7, 11) is -0.366. The normalized spacial score (nSPS) is 25.2. The summed E-state index contributed by atoms with van der Waals surface area (Å²) in [5.74, 6) is 2.33. The first-order valence-electron chi connectivity index (χ1n) is 7.20. The molecule has 0 aromatic carbocycles. The standard InChI is InChI=1S/C13H29BN2O/c1-11(2)8-15-9-12-5-4-6-13(7-12)10-16-14(3)17/h11-13,15-17H,4-10H2,1-3H3/t12-,13+/m1/s1. The van der Waals surface area contributed by atoms with E-state index in [2.05, 4.69) is 24.4 Å². The van der Waals surface area contributed by atoms with Crippen molar-refractivity contribution < 1.29 is 5.02 Å². The Morgan fingerprint density at radius 1 is 1.24 bits per heavy atom. The zero-order valence-electron chi connectivity index (χ0n) is 11.7. The molecule has 17 heavy (non-hydrogen) atoms. The van der Waals surface area contributed by atoms with E-state index in [9.17, 15) is 5.02 Å². The lowest BCUT2D eigenvalue weighted by molar-refractivity contribution is 0.256. The lowest BCUT2D eigenvalue weighted by Crippen LogP contribution is -2.37. The van der Waals surface area contributed by atoms with Gasteiger partial charge in [-0.1, -0.05) is 20.3 Å². The predicted octanol–water partition coefficient (Wildman–Crippen LogP) is 1.74. The lowest BCUT2D eigenvalue weighted by Gasteiger charge is -2.30. The molecule has 0 aromatic heterocycles. The second kappa shape index (κ2) is 8.12. The molecule has 3 nitrogen and oxygen atoms in total. The van der Waals surface area contributed by atoms with Gasteiger partial charge in [-0.15, -0.1) is 0 Å². The topological polar surface area (TPSA) is 44.3 Å². The fourth-order valence-electron chi connectivity index (χ4n) is 2.69. The van der Waals surface area contributed by atoms with Crippen molar-refractivity contribution in [3.8, 4) is 0 Å². The van der Waals surface area contributed by atoms with Crippen molar-refractivity contribution in [2.75, 3.05) is 19.6 Å². The van der Waals surface area contributed by atoms with Crippen LogP contribution in [0.3, 0.4) is 0 Å². The maximum atomic E-state index is 9.23. The molecule has 1 rings (SSSR count). The van der Waals surface area contributed by atoms with Gasteiger partial charge in [0.05, 0.1) is 0 Å². The summed E-state index contributed by atoms with van der Waals surface area (Å²) in [5, 5.41) is 15.9. The van der Waals surface area contributed by atoms with Crippen molar-refractivity contribution in [2.45, 2.75) is 46.4 Å². The summed E-state index contributed by atoms with van der Waals surface area (Å²) in [6.45, 7) is 9.58. The Bertz CT molecular complexity index is 200. The van der Waals surface area contributed by atoms with Gasteiger partial charge in [0.2, 0.25) is 0 Å². The fourth-order valence-corrected chi connectivity index (χ4v) is 2.69. The quantitative estimate of drug-likeness (QED) is 0.594. The number of rotatable bonds is 7. The third-order valence-corrected chi connectivity index (χ3v) is 3.58. The molecule has 100 valence electrons. The zero-order valence-corrected chi connectivity index (χ0v) is 11.7. The van der Waals surface area contributed by atoms with Gasteiger partial charge in [0, 0.05) is 0 Å². The Morgan fingerprint density at radius 3 is 2.47 bits per heavy atom. The molecular weight excluding hydrogens is 211 g/mol. The van der Waals surface area contributed by atoms with Crippen LogP contribution in [0.25, 0.3) is 0 Å². The van der Waals surface area contributed by atoms with E-state index in [4.69, 9.17) is 0 Å². The molecule has 2 atom stereocenters. The Morgan fingerprint density at radius 2 is 1.88 bits per heavy atom. The average molecular weight is 240 g/mol. The van der Waals surface area contributed by atoms with E-state index in [0.29, 0.717) is 0 Å². The summed E-state index contributed by atoms with van der Waals surface area (Å²) < 4.78 is 0. The minimum absolute atomic E-state index is 0.366. The van der Waals surface area contributed by atoms with E-state index in [-0.39, 0.29) is 7.05 Å². The van der Waals surface area contributed by atoms with E-state index in [0.717, 1.165) is 30.8 Å². The van der Waals surface area contributed by atoms with Gasteiger partial charge >= 0.3 is 7.05 Å². The van der Waals surface area contributed by atoms with E-state index in [1.165, 1.54) is 32.2 Å². The summed E-state index contributed by atoms with van der Waals surface area (Å²) in [4.78, 5) is 0. The Labute approximate surface area is 107 Å². The van der Waals surface area contributed by atoms with Crippen LogP contribution >= 0.6 is 0 Å². The largest absolute Gasteiger partial charge is 0.437 e. The van der Waals surface area contributed by atoms with Crippen molar-refractivity contribution in [2.24, 2.45) is 17.8 Å². The van der Waals surface area contributed by atoms with Crippen LogP contribution < -0.4 is 10.5 Å². The van der Waals surface area contributed by atoms with Crippen LogP contribution in [0.4, 0.5) is 0 Å². The Balaban J connectivity index is 2.14. The number of hydrogen-bond acceptors (Lipinski definition) is 3. The van der Waals surface area contributed by atoms with Crippen molar-refractivity contribution in [3.63, 3.8) is 0 Å². The fraction of sp³-hybridized carbons (Fsp3) is 1.00. The van der Waals surface area contributed by atoms with Gasteiger partial charge < -0.3 is 15.6 Å². The number of hydrogen-bond donors (Lipinski definition) is 3. The summed E-state index contributed by atoms with van der Waals surface area (Å²) in [6.07, 6.45) is 5.35. The van der Waals surface area contributed by atoms with Crippen LogP contribution in [0, 0.1) is 17.8 Å². The van der Waals surface area contributed by atoms with E-state index < -0.39 is 0 Å². The van der Waals surface area contributed by atoms with Crippen LogP contribution in [0.5, 0.6) is 0 Å². The van der Waals surface area contributed by atoms with Crippen molar-refractivity contribution in [3.05, 3.63) is 0 Å². The summed E-state index contributed by atoms with van der Waals surface area (Å²) in [6, 6.07) is 0. The zero-order chi connectivity index (χ0) is 12.7. The SMILES string of the molecule is CB(O)NC[C@H]1CCC[C@@H](CNCC(C)C)C1. The van der Waals surface area contributed by atoms with Crippen LogP contribution in [0.2, 0.25) is 6.82 Å². The van der Waals surface area contributed by atoms with Crippen molar-refractivity contribution in [1.82, 2.24) is 10.5 Å². The first kappa shape index (κ1) is 15.0. The first-order chi connectivity index (χ1) is 8.08. The minimum Gasteiger partial charge on any atom is -0.437 e. The molecule has 0 unspecified atom stereocenters.